The van der Waals surface area contributed by atoms with E-state index in [1.54, 1.807) is 25.3 Å². The number of ether oxygens (including phenoxy) is 1. The van der Waals surface area contributed by atoms with Gasteiger partial charge in [-0.1, -0.05) is 47.8 Å². The van der Waals surface area contributed by atoms with Crippen LogP contribution >= 0.6 is 23.2 Å². The minimum absolute atomic E-state index is 0.0355. The Labute approximate surface area is 145 Å². The third kappa shape index (κ3) is 2.91. The summed E-state index contributed by atoms with van der Waals surface area (Å²) in [6.45, 7) is 0. The number of amides is 1. The first kappa shape index (κ1) is 16.2. The van der Waals surface area contributed by atoms with Gasteiger partial charge in [-0.15, -0.1) is 0 Å². The predicted octanol–water partition coefficient (Wildman–Crippen LogP) is 5.06. The summed E-state index contributed by atoms with van der Waals surface area (Å²) in [5.74, 6) is 0.711. The summed E-state index contributed by atoms with van der Waals surface area (Å²) < 4.78 is 5.44. The number of anilines is 1. The molecule has 1 aliphatic carbocycles. The highest BCUT2D eigenvalue weighted by molar-refractivity contribution is 6.42. The highest BCUT2D eigenvalue weighted by Gasteiger charge is 2.47. The highest BCUT2D eigenvalue weighted by Crippen LogP contribution is 2.47. The lowest BCUT2D eigenvalue weighted by molar-refractivity contribution is -0.124. The van der Waals surface area contributed by atoms with E-state index in [0.717, 1.165) is 30.6 Å². The van der Waals surface area contributed by atoms with Crippen LogP contribution in [0.2, 0.25) is 10.0 Å². The first-order chi connectivity index (χ1) is 11.1. The smallest absolute Gasteiger partial charge is 0.235 e. The molecule has 120 valence electrons. The summed E-state index contributed by atoms with van der Waals surface area (Å²) in [6, 6.07) is 12.8. The van der Waals surface area contributed by atoms with Crippen LogP contribution in [0.15, 0.2) is 42.5 Å². The largest absolute Gasteiger partial charge is 0.496 e. The predicted molar refractivity (Wildman–Crippen MR) is 93.6 cm³/mol. The van der Waals surface area contributed by atoms with Gasteiger partial charge in [0.15, 0.2) is 0 Å². The highest BCUT2D eigenvalue weighted by atomic mass is 35.5. The number of hydrogen-bond acceptors (Lipinski definition) is 2. The minimum Gasteiger partial charge on any atom is -0.496 e. The number of carbonyl (C=O) groups excluding carboxylic acids is 1. The van der Waals surface area contributed by atoms with Crippen molar-refractivity contribution in [2.24, 2.45) is 0 Å². The molecule has 1 N–H and O–H groups in total. The van der Waals surface area contributed by atoms with Crippen molar-refractivity contribution < 1.29 is 9.53 Å². The molecule has 0 saturated heterocycles. The molecule has 1 aliphatic rings. The number of hydrogen-bond donors (Lipinski definition) is 1. The van der Waals surface area contributed by atoms with Gasteiger partial charge in [-0.3, -0.25) is 4.79 Å². The molecular weight excluding hydrogens is 333 g/mol. The van der Waals surface area contributed by atoms with Crippen molar-refractivity contribution in [2.45, 2.75) is 24.7 Å². The molecule has 1 fully saturated rings. The molecule has 0 spiro atoms. The Kier molecular flexibility index (Phi) is 4.51. The van der Waals surface area contributed by atoms with Gasteiger partial charge in [-0.05, 0) is 37.1 Å². The molecule has 0 unspecified atom stereocenters. The van der Waals surface area contributed by atoms with Crippen LogP contribution in [0.1, 0.15) is 24.8 Å². The summed E-state index contributed by atoms with van der Waals surface area (Å²) in [4.78, 5) is 12.9. The molecule has 0 aromatic heterocycles. The molecule has 0 atom stereocenters. The average molecular weight is 350 g/mol. The lowest BCUT2D eigenvalue weighted by Crippen LogP contribution is -2.46. The molecular formula is C18H17Cl2NO2. The van der Waals surface area contributed by atoms with E-state index in [1.807, 2.05) is 24.3 Å². The lowest BCUT2D eigenvalue weighted by Gasteiger charge is -2.41. The maximum absolute atomic E-state index is 12.9. The number of methoxy groups -OCH3 is 1. The number of benzene rings is 2. The fourth-order valence-electron chi connectivity index (χ4n) is 3.01. The Hall–Kier alpha value is -1.71. The molecule has 2 aromatic carbocycles. The zero-order valence-corrected chi connectivity index (χ0v) is 14.2. The van der Waals surface area contributed by atoms with Crippen LogP contribution in [0.5, 0.6) is 5.75 Å². The van der Waals surface area contributed by atoms with Crippen LogP contribution in [-0.2, 0) is 10.2 Å². The first-order valence-corrected chi connectivity index (χ1v) is 8.22. The van der Waals surface area contributed by atoms with Crippen molar-refractivity contribution in [2.75, 3.05) is 12.4 Å². The quantitative estimate of drug-likeness (QED) is 0.837. The van der Waals surface area contributed by atoms with Gasteiger partial charge in [0.05, 0.1) is 22.6 Å². The van der Waals surface area contributed by atoms with Gasteiger partial charge in [-0.2, -0.15) is 0 Å². The second-order valence-corrected chi connectivity index (χ2v) is 6.53. The molecule has 3 nitrogen and oxygen atoms in total. The van der Waals surface area contributed by atoms with Gasteiger partial charge in [0.2, 0.25) is 5.91 Å². The Balaban J connectivity index is 1.90. The number of nitrogens with one attached hydrogen (secondary N) is 1. The molecule has 3 rings (SSSR count). The molecule has 0 bridgehead atoms. The van der Waals surface area contributed by atoms with E-state index in [0.29, 0.717) is 15.7 Å². The SMILES string of the molecule is COc1ccccc1C1(C(=O)Nc2ccc(Cl)c(Cl)c2)CCC1. The van der Waals surface area contributed by atoms with Crippen LogP contribution in [0.25, 0.3) is 0 Å². The fraction of sp³-hybridized carbons (Fsp3) is 0.278. The number of rotatable bonds is 4. The second-order valence-electron chi connectivity index (χ2n) is 5.72. The van der Waals surface area contributed by atoms with Crippen molar-refractivity contribution >= 4 is 34.8 Å². The molecule has 2 aromatic rings. The van der Waals surface area contributed by atoms with Crippen molar-refractivity contribution in [1.29, 1.82) is 0 Å². The molecule has 0 aliphatic heterocycles. The topological polar surface area (TPSA) is 38.3 Å². The zero-order valence-electron chi connectivity index (χ0n) is 12.7. The minimum atomic E-state index is -0.543. The first-order valence-electron chi connectivity index (χ1n) is 7.47. The Bertz CT molecular complexity index is 742. The molecule has 23 heavy (non-hydrogen) atoms. The zero-order chi connectivity index (χ0) is 16.4. The van der Waals surface area contributed by atoms with Gasteiger partial charge in [0, 0.05) is 11.3 Å². The van der Waals surface area contributed by atoms with Gasteiger partial charge >= 0.3 is 0 Å². The van der Waals surface area contributed by atoms with Crippen LogP contribution in [0.3, 0.4) is 0 Å². The molecule has 5 heteroatoms. The van der Waals surface area contributed by atoms with E-state index < -0.39 is 5.41 Å². The van der Waals surface area contributed by atoms with Crippen molar-refractivity contribution in [3.05, 3.63) is 58.1 Å². The monoisotopic (exact) mass is 349 g/mol. The standard InChI is InChI=1S/C18H17Cl2NO2/c1-23-16-6-3-2-5-13(16)18(9-4-10-18)17(22)21-12-7-8-14(19)15(20)11-12/h2-3,5-8,11H,4,9-10H2,1H3,(H,21,22). The van der Waals surface area contributed by atoms with E-state index in [1.165, 1.54) is 0 Å². The van der Waals surface area contributed by atoms with Crippen LogP contribution < -0.4 is 10.1 Å². The third-order valence-corrected chi connectivity index (χ3v) is 5.18. The van der Waals surface area contributed by atoms with Crippen molar-refractivity contribution in [3.8, 4) is 5.75 Å². The fourth-order valence-corrected chi connectivity index (χ4v) is 3.31. The average Bonchev–Trinajstić information content (AvgIpc) is 2.50. The maximum Gasteiger partial charge on any atom is 0.235 e. The van der Waals surface area contributed by atoms with Crippen LogP contribution in [0.4, 0.5) is 5.69 Å². The Morgan fingerprint density at radius 1 is 1.13 bits per heavy atom. The molecule has 0 radical (unpaired) electrons. The lowest BCUT2D eigenvalue weighted by atomic mass is 9.63. The van der Waals surface area contributed by atoms with Gasteiger partial charge in [0.25, 0.3) is 0 Å². The molecule has 1 amide bonds. The van der Waals surface area contributed by atoms with Crippen LogP contribution in [-0.4, -0.2) is 13.0 Å². The van der Waals surface area contributed by atoms with Gasteiger partial charge in [-0.25, -0.2) is 0 Å². The summed E-state index contributed by atoms with van der Waals surface area (Å²) >= 11 is 11.9. The van der Waals surface area contributed by atoms with Crippen molar-refractivity contribution in [1.82, 2.24) is 0 Å². The van der Waals surface area contributed by atoms with Gasteiger partial charge < -0.3 is 10.1 Å². The van der Waals surface area contributed by atoms with E-state index >= 15 is 0 Å². The summed E-state index contributed by atoms with van der Waals surface area (Å²) in [6.07, 6.45) is 2.63. The Morgan fingerprint density at radius 2 is 1.87 bits per heavy atom. The van der Waals surface area contributed by atoms with Crippen molar-refractivity contribution in [3.63, 3.8) is 0 Å². The van der Waals surface area contributed by atoms with E-state index in [-0.39, 0.29) is 5.91 Å². The molecule has 0 heterocycles. The molecule has 1 saturated carbocycles. The van der Waals surface area contributed by atoms with E-state index in [4.69, 9.17) is 27.9 Å². The number of para-hydroxylation sites is 1. The van der Waals surface area contributed by atoms with Crippen LogP contribution in [0, 0.1) is 0 Å². The third-order valence-electron chi connectivity index (χ3n) is 4.44. The normalized spacial score (nSPS) is 15.6. The van der Waals surface area contributed by atoms with Gasteiger partial charge in [0.1, 0.15) is 5.75 Å². The Morgan fingerprint density at radius 3 is 2.48 bits per heavy atom. The van der Waals surface area contributed by atoms with E-state index in [2.05, 4.69) is 5.32 Å². The summed E-state index contributed by atoms with van der Waals surface area (Å²) in [7, 11) is 1.63. The maximum atomic E-state index is 12.9. The summed E-state index contributed by atoms with van der Waals surface area (Å²) in [5.41, 5.74) is 1.04. The number of carbonyl (C=O) groups is 1. The van der Waals surface area contributed by atoms with E-state index in [9.17, 15) is 4.79 Å². The second kappa shape index (κ2) is 6.42. The summed E-state index contributed by atoms with van der Waals surface area (Å²) in [5, 5.41) is 3.85. The number of halogens is 2.